The molecule has 0 aliphatic heterocycles. The number of nitrogens with zero attached hydrogens (tertiary/aromatic N) is 2. The van der Waals surface area contributed by atoms with Gasteiger partial charge in [-0.05, 0) is 43.5 Å². The van der Waals surface area contributed by atoms with Crippen LogP contribution >= 0.6 is 11.6 Å². The fourth-order valence-electron chi connectivity index (χ4n) is 3.89. The largest absolute Gasteiger partial charge is 0.490 e. The lowest BCUT2D eigenvalue weighted by Gasteiger charge is -2.29. The Morgan fingerprint density at radius 2 is 1.88 bits per heavy atom. The van der Waals surface area contributed by atoms with E-state index in [1.807, 2.05) is 0 Å². The molecule has 0 spiro atoms. The van der Waals surface area contributed by atoms with Crippen molar-refractivity contribution in [3.8, 4) is 11.5 Å². The van der Waals surface area contributed by atoms with E-state index in [0.717, 1.165) is 31.2 Å². The van der Waals surface area contributed by atoms with Crippen LogP contribution < -0.4 is 14.8 Å². The highest BCUT2D eigenvalue weighted by atomic mass is 35.5. The lowest BCUT2D eigenvalue weighted by Crippen LogP contribution is -2.50. The molecule has 0 heterocycles. The van der Waals surface area contributed by atoms with Gasteiger partial charge in [-0.2, -0.15) is 0 Å². The maximum Gasteiger partial charge on any atom is 0.311 e. The van der Waals surface area contributed by atoms with Crippen molar-refractivity contribution in [1.29, 1.82) is 0 Å². The first kappa shape index (κ1) is 25.3. The average Bonchev–Trinajstić information content (AvgIpc) is 3.34. The average molecular weight is 490 g/mol. The monoisotopic (exact) mass is 489 g/mol. The Morgan fingerprint density at radius 1 is 1.21 bits per heavy atom. The third-order valence-electron chi connectivity index (χ3n) is 5.85. The number of amides is 2. The molecule has 1 saturated carbocycles. The number of rotatable bonds is 10. The maximum atomic E-state index is 13.2. The first-order valence-electron chi connectivity index (χ1n) is 11.1. The molecule has 9 nitrogen and oxygen atoms in total. The van der Waals surface area contributed by atoms with Crippen molar-refractivity contribution < 1.29 is 24.0 Å². The van der Waals surface area contributed by atoms with Gasteiger partial charge in [0, 0.05) is 29.7 Å². The zero-order valence-corrected chi connectivity index (χ0v) is 19.9. The Balaban J connectivity index is 1.73. The SMILES string of the molecule is COc1cc(OCC(=O)N(Cc2ccc(Cl)cc2)[C@@H](C)C(=O)NC2CCCC2)ccc1[N+](=O)[O-]. The fourth-order valence-corrected chi connectivity index (χ4v) is 4.01. The smallest absolute Gasteiger partial charge is 0.311 e. The number of benzene rings is 2. The zero-order valence-electron chi connectivity index (χ0n) is 19.2. The number of nitro groups is 1. The third-order valence-corrected chi connectivity index (χ3v) is 6.10. The van der Waals surface area contributed by atoms with E-state index in [9.17, 15) is 19.7 Å². The Kier molecular flexibility index (Phi) is 8.70. The van der Waals surface area contributed by atoms with E-state index in [4.69, 9.17) is 21.1 Å². The highest BCUT2D eigenvalue weighted by Crippen LogP contribution is 2.30. The number of carbonyl (C=O) groups is 2. The molecule has 2 aromatic carbocycles. The summed E-state index contributed by atoms with van der Waals surface area (Å²) in [4.78, 5) is 38.0. The normalized spacial score (nSPS) is 14.3. The van der Waals surface area contributed by atoms with Crippen molar-refractivity contribution in [1.82, 2.24) is 10.2 Å². The lowest BCUT2D eigenvalue weighted by molar-refractivity contribution is -0.385. The van der Waals surface area contributed by atoms with Crippen LogP contribution in [0.5, 0.6) is 11.5 Å². The number of nitrogens with one attached hydrogen (secondary N) is 1. The third kappa shape index (κ3) is 6.60. The molecule has 34 heavy (non-hydrogen) atoms. The molecule has 182 valence electrons. The molecule has 1 aliphatic rings. The number of hydrogen-bond acceptors (Lipinski definition) is 6. The topological polar surface area (TPSA) is 111 Å². The Bertz CT molecular complexity index is 1020. The van der Waals surface area contributed by atoms with Gasteiger partial charge < -0.3 is 19.7 Å². The molecule has 1 N–H and O–H groups in total. The van der Waals surface area contributed by atoms with E-state index in [-0.39, 0.29) is 42.3 Å². The van der Waals surface area contributed by atoms with Crippen molar-refractivity contribution >= 4 is 29.1 Å². The van der Waals surface area contributed by atoms with Crippen molar-refractivity contribution in [3.05, 3.63) is 63.2 Å². The van der Waals surface area contributed by atoms with Crippen molar-refractivity contribution in [2.75, 3.05) is 13.7 Å². The molecule has 3 rings (SSSR count). The van der Waals surface area contributed by atoms with E-state index in [2.05, 4.69) is 5.32 Å². The minimum absolute atomic E-state index is 0.0253. The minimum Gasteiger partial charge on any atom is -0.490 e. The highest BCUT2D eigenvalue weighted by molar-refractivity contribution is 6.30. The van der Waals surface area contributed by atoms with Crippen LogP contribution in [-0.4, -0.2) is 47.4 Å². The fraction of sp³-hybridized carbons (Fsp3) is 0.417. The molecule has 0 aromatic heterocycles. The van der Waals surface area contributed by atoms with Gasteiger partial charge in [-0.1, -0.05) is 36.6 Å². The molecular formula is C24H28ClN3O6. The zero-order chi connectivity index (χ0) is 24.7. The van der Waals surface area contributed by atoms with Gasteiger partial charge in [0.05, 0.1) is 12.0 Å². The van der Waals surface area contributed by atoms with Crippen LogP contribution in [0.25, 0.3) is 0 Å². The van der Waals surface area contributed by atoms with Gasteiger partial charge in [0.2, 0.25) is 11.7 Å². The number of ether oxygens (including phenoxy) is 2. The van der Waals surface area contributed by atoms with E-state index in [1.165, 1.54) is 30.2 Å². The van der Waals surface area contributed by atoms with Crippen LogP contribution in [0.15, 0.2) is 42.5 Å². The highest BCUT2D eigenvalue weighted by Gasteiger charge is 2.29. The second-order valence-corrected chi connectivity index (χ2v) is 8.63. The van der Waals surface area contributed by atoms with Gasteiger partial charge in [-0.25, -0.2) is 0 Å². The van der Waals surface area contributed by atoms with E-state index < -0.39 is 16.9 Å². The van der Waals surface area contributed by atoms with Crippen LogP contribution in [0.3, 0.4) is 0 Å². The molecule has 0 bridgehead atoms. The second-order valence-electron chi connectivity index (χ2n) is 8.19. The summed E-state index contributed by atoms with van der Waals surface area (Å²) in [6.07, 6.45) is 4.04. The maximum absolute atomic E-state index is 13.2. The van der Waals surface area contributed by atoms with Crippen molar-refractivity contribution in [3.63, 3.8) is 0 Å². The van der Waals surface area contributed by atoms with Gasteiger partial charge in [0.1, 0.15) is 11.8 Å². The summed E-state index contributed by atoms with van der Waals surface area (Å²) >= 11 is 5.97. The minimum atomic E-state index is -0.723. The van der Waals surface area contributed by atoms with E-state index >= 15 is 0 Å². The number of hydrogen-bond donors (Lipinski definition) is 1. The summed E-state index contributed by atoms with van der Waals surface area (Å²) in [6, 6.07) is 10.5. The molecule has 10 heteroatoms. The van der Waals surface area contributed by atoms with E-state index in [1.54, 1.807) is 31.2 Å². The van der Waals surface area contributed by atoms with Crippen molar-refractivity contribution in [2.45, 2.75) is 51.2 Å². The quantitative estimate of drug-likeness (QED) is 0.397. The number of carbonyl (C=O) groups excluding carboxylic acids is 2. The van der Waals surface area contributed by atoms with Crippen LogP contribution in [0, 0.1) is 10.1 Å². The first-order chi connectivity index (χ1) is 16.3. The second kappa shape index (κ2) is 11.7. The summed E-state index contributed by atoms with van der Waals surface area (Å²) in [5.41, 5.74) is 0.609. The summed E-state index contributed by atoms with van der Waals surface area (Å²) in [7, 11) is 1.32. The molecular weight excluding hydrogens is 462 g/mol. The molecule has 2 amide bonds. The summed E-state index contributed by atoms with van der Waals surface area (Å²) in [5, 5.41) is 14.7. The Hall–Kier alpha value is -3.33. The van der Waals surface area contributed by atoms with Crippen molar-refractivity contribution in [2.24, 2.45) is 0 Å². The summed E-state index contributed by atoms with van der Waals surface area (Å²) in [5.74, 6) is -0.352. The lowest BCUT2D eigenvalue weighted by atomic mass is 10.1. The van der Waals surface area contributed by atoms with E-state index in [0.29, 0.717) is 5.02 Å². The molecule has 0 saturated heterocycles. The number of methoxy groups -OCH3 is 1. The molecule has 1 fully saturated rings. The molecule has 0 unspecified atom stereocenters. The standard InChI is InChI=1S/C24H28ClN3O6/c1-16(24(30)26-19-5-3-4-6-19)27(14-17-7-9-18(25)10-8-17)23(29)15-34-20-11-12-21(28(31)32)22(13-20)33-2/h7-13,16,19H,3-6,14-15H2,1-2H3,(H,26,30)/t16-/m0/s1. The van der Waals surface area contributed by atoms with Gasteiger partial charge >= 0.3 is 5.69 Å². The van der Waals surface area contributed by atoms with Gasteiger partial charge in [-0.3, -0.25) is 19.7 Å². The molecule has 0 radical (unpaired) electrons. The van der Waals surface area contributed by atoms with Gasteiger partial charge in [0.15, 0.2) is 6.61 Å². The van der Waals surface area contributed by atoms with Gasteiger partial charge in [-0.15, -0.1) is 0 Å². The van der Waals surface area contributed by atoms with Crippen LogP contribution in [0.4, 0.5) is 5.69 Å². The Labute approximate surface area is 203 Å². The van der Waals surface area contributed by atoms with Crippen LogP contribution in [0.1, 0.15) is 38.2 Å². The molecule has 1 aliphatic carbocycles. The number of nitro benzene ring substituents is 1. The van der Waals surface area contributed by atoms with Crippen LogP contribution in [-0.2, 0) is 16.1 Å². The predicted octanol–water partition coefficient (Wildman–Crippen LogP) is 4.11. The Morgan fingerprint density at radius 3 is 2.50 bits per heavy atom. The number of halogens is 1. The predicted molar refractivity (Wildman–Crippen MR) is 127 cm³/mol. The van der Waals surface area contributed by atoms with Crippen LogP contribution in [0.2, 0.25) is 5.02 Å². The first-order valence-corrected chi connectivity index (χ1v) is 11.5. The van der Waals surface area contributed by atoms with Gasteiger partial charge in [0.25, 0.3) is 5.91 Å². The molecule has 2 aromatic rings. The molecule has 1 atom stereocenters. The summed E-state index contributed by atoms with van der Waals surface area (Å²) in [6.45, 7) is 1.53. The summed E-state index contributed by atoms with van der Waals surface area (Å²) < 4.78 is 10.6.